The van der Waals surface area contributed by atoms with Gasteiger partial charge in [-0.25, -0.2) is 0 Å². The van der Waals surface area contributed by atoms with Gasteiger partial charge in [0, 0.05) is 6.04 Å². The molecule has 1 unspecified atom stereocenters. The van der Waals surface area contributed by atoms with E-state index in [9.17, 15) is 0 Å². The van der Waals surface area contributed by atoms with Crippen molar-refractivity contribution >= 4 is 0 Å². The van der Waals surface area contributed by atoms with Crippen LogP contribution in [0, 0.1) is 5.92 Å². The van der Waals surface area contributed by atoms with E-state index in [1.807, 2.05) is 7.05 Å². The molecule has 0 aliphatic rings. The molecule has 1 atom stereocenters. The van der Waals surface area contributed by atoms with Crippen molar-refractivity contribution in [3.05, 3.63) is 0 Å². The summed E-state index contributed by atoms with van der Waals surface area (Å²) in [5.41, 5.74) is 0. The standard InChI is InChI=1S/C12H28N2/c1-11(2)14(5)10-8-12(3)7-6-9-13-4/h11-13H,6-10H2,1-5H3. The lowest BCUT2D eigenvalue weighted by atomic mass is 10.0. The van der Waals surface area contributed by atoms with Gasteiger partial charge in [0.1, 0.15) is 0 Å². The van der Waals surface area contributed by atoms with E-state index in [4.69, 9.17) is 0 Å². The van der Waals surface area contributed by atoms with Gasteiger partial charge in [0.25, 0.3) is 0 Å². The van der Waals surface area contributed by atoms with Crippen molar-refractivity contribution in [2.24, 2.45) is 5.92 Å². The molecule has 1 N–H and O–H groups in total. The van der Waals surface area contributed by atoms with Crippen LogP contribution in [0.25, 0.3) is 0 Å². The Morgan fingerprint density at radius 1 is 1.14 bits per heavy atom. The van der Waals surface area contributed by atoms with E-state index < -0.39 is 0 Å². The predicted molar refractivity (Wildman–Crippen MR) is 64.7 cm³/mol. The Labute approximate surface area is 90.1 Å². The van der Waals surface area contributed by atoms with Crippen molar-refractivity contribution in [1.82, 2.24) is 10.2 Å². The second-order valence-electron chi connectivity index (χ2n) is 4.71. The summed E-state index contributed by atoms with van der Waals surface area (Å²) in [6.45, 7) is 9.27. The van der Waals surface area contributed by atoms with Gasteiger partial charge in [-0.2, -0.15) is 0 Å². The molecule has 0 rings (SSSR count). The summed E-state index contributed by atoms with van der Waals surface area (Å²) in [6, 6.07) is 0.680. The van der Waals surface area contributed by atoms with Crippen LogP contribution >= 0.6 is 0 Å². The minimum absolute atomic E-state index is 0.680. The average Bonchev–Trinajstić information content (AvgIpc) is 2.14. The Bertz CT molecular complexity index is 123. The fourth-order valence-electron chi connectivity index (χ4n) is 1.45. The largest absolute Gasteiger partial charge is 0.320 e. The van der Waals surface area contributed by atoms with Gasteiger partial charge in [0.15, 0.2) is 0 Å². The van der Waals surface area contributed by atoms with E-state index in [1.165, 1.54) is 25.8 Å². The number of nitrogens with one attached hydrogen (secondary N) is 1. The van der Waals surface area contributed by atoms with Gasteiger partial charge in [-0.15, -0.1) is 0 Å². The molecule has 0 aromatic carbocycles. The predicted octanol–water partition coefficient (Wildman–Crippen LogP) is 2.35. The van der Waals surface area contributed by atoms with Crippen LogP contribution in [0.1, 0.15) is 40.0 Å². The second kappa shape index (κ2) is 8.25. The SMILES string of the molecule is CNCCCC(C)CCN(C)C(C)C. The average molecular weight is 200 g/mol. The quantitative estimate of drug-likeness (QED) is 0.605. The molecule has 0 amide bonds. The van der Waals surface area contributed by atoms with E-state index in [2.05, 4.69) is 38.0 Å². The molecular weight excluding hydrogens is 172 g/mol. The molecule has 0 bridgehead atoms. The monoisotopic (exact) mass is 200 g/mol. The Balaban J connectivity index is 3.38. The first-order chi connectivity index (χ1) is 6.57. The zero-order valence-electron chi connectivity index (χ0n) is 10.6. The third kappa shape index (κ3) is 7.34. The number of hydrogen-bond acceptors (Lipinski definition) is 2. The van der Waals surface area contributed by atoms with Crippen LogP contribution in [0.15, 0.2) is 0 Å². The zero-order chi connectivity index (χ0) is 11.0. The maximum Gasteiger partial charge on any atom is 0.00355 e. The van der Waals surface area contributed by atoms with Crippen LogP contribution in [0.4, 0.5) is 0 Å². The molecule has 0 saturated heterocycles. The Hall–Kier alpha value is -0.0800. The van der Waals surface area contributed by atoms with E-state index in [1.54, 1.807) is 0 Å². The van der Waals surface area contributed by atoms with Crippen LogP contribution in [-0.2, 0) is 0 Å². The van der Waals surface area contributed by atoms with Gasteiger partial charge in [0.2, 0.25) is 0 Å². The lowest BCUT2D eigenvalue weighted by Crippen LogP contribution is -2.28. The molecular formula is C12H28N2. The molecule has 2 nitrogen and oxygen atoms in total. The summed E-state index contributed by atoms with van der Waals surface area (Å²) < 4.78 is 0. The minimum atomic E-state index is 0.680. The van der Waals surface area contributed by atoms with Crippen LogP contribution in [0.3, 0.4) is 0 Å². The molecule has 0 aromatic rings. The summed E-state index contributed by atoms with van der Waals surface area (Å²) >= 11 is 0. The number of hydrogen-bond donors (Lipinski definition) is 1. The highest BCUT2D eigenvalue weighted by molar-refractivity contribution is 4.61. The van der Waals surface area contributed by atoms with E-state index in [0.29, 0.717) is 6.04 Å². The highest BCUT2D eigenvalue weighted by Gasteiger charge is 2.06. The molecule has 0 fully saturated rings. The van der Waals surface area contributed by atoms with Gasteiger partial charge in [-0.1, -0.05) is 6.92 Å². The molecule has 0 radical (unpaired) electrons. The zero-order valence-corrected chi connectivity index (χ0v) is 10.6. The van der Waals surface area contributed by atoms with Crippen molar-refractivity contribution in [2.45, 2.75) is 46.1 Å². The van der Waals surface area contributed by atoms with Gasteiger partial charge < -0.3 is 10.2 Å². The summed E-state index contributed by atoms with van der Waals surface area (Å²) in [5.74, 6) is 0.865. The van der Waals surface area contributed by atoms with Crippen LogP contribution in [-0.4, -0.2) is 38.1 Å². The highest BCUT2D eigenvalue weighted by Crippen LogP contribution is 2.10. The van der Waals surface area contributed by atoms with Gasteiger partial charge >= 0.3 is 0 Å². The Morgan fingerprint density at radius 2 is 1.79 bits per heavy atom. The third-order valence-corrected chi connectivity index (χ3v) is 2.98. The first-order valence-corrected chi connectivity index (χ1v) is 5.92. The molecule has 0 spiro atoms. The molecule has 0 saturated carbocycles. The molecule has 0 heterocycles. The van der Waals surface area contributed by atoms with Crippen LogP contribution in [0.5, 0.6) is 0 Å². The van der Waals surface area contributed by atoms with E-state index in [-0.39, 0.29) is 0 Å². The summed E-state index contributed by atoms with van der Waals surface area (Å²) in [5, 5.41) is 3.20. The molecule has 0 aliphatic carbocycles. The normalized spacial score (nSPS) is 13.9. The fourth-order valence-corrected chi connectivity index (χ4v) is 1.45. The third-order valence-electron chi connectivity index (χ3n) is 2.98. The van der Waals surface area contributed by atoms with Crippen LogP contribution in [0.2, 0.25) is 0 Å². The topological polar surface area (TPSA) is 15.3 Å². The molecule has 2 heteroatoms. The summed E-state index contributed by atoms with van der Waals surface area (Å²) in [4.78, 5) is 2.43. The molecule has 0 aliphatic heterocycles. The summed E-state index contributed by atoms with van der Waals surface area (Å²) in [6.07, 6.45) is 3.99. The maximum atomic E-state index is 3.20. The lowest BCUT2D eigenvalue weighted by Gasteiger charge is -2.22. The Kier molecular flexibility index (Phi) is 8.20. The van der Waals surface area contributed by atoms with Crippen molar-refractivity contribution in [2.75, 3.05) is 27.2 Å². The van der Waals surface area contributed by atoms with Gasteiger partial charge in [-0.05, 0) is 66.2 Å². The second-order valence-corrected chi connectivity index (χ2v) is 4.71. The van der Waals surface area contributed by atoms with Crippen molar-refractivity contribution in [3.63, 3.8) is 0 Å². The maximum absolute atomic E-state index is 3.20. The molecule has 86 valence electrons. The van der Waals surface area contributed by atoms with Gasteiger partial charge in [-0.3, -0.25) is 0 Å². The van der Waals surface area contributed by atoms with Gasteiger partial charge in [0.05, 0.1) is 0 Å². The number of rotatable bonds is 8. The van der Waals surface area contributed by atoms with Crippen molar-refractivity contribution in [1.29, 1.82) is 0 Å². The number of nitrogens with zero attached hydrogens (tertiary/aromatic N) is 1. The fraction of sp³-hybridized carbons (Fsp3) is 1.00. The molecule has 0 aromatic heterocycles. The van der Waals surface area contributed by atoms with Crippen molar-refractivity contribution < 1.29 is 0 Å². The highest BCUT2D eigenvalue weighted by atomic mass is 15.1. The first kappa shape index (κ1) is 13.9. The van der Waals surface area contributed by atoms with Crippen molar-refractivity contribution in [3.8, 4) is 0 Å². The Morgan fingerprint density at radius 3 is 2.29 bits per heavy atom. The van der Waals surface area contributed by atoms with Crippen LogP contribution < -0.4 is 5.32 Å². The first-order valence-electron chi connectivity index (χ1n) is 5.92. The van der Waals surface area contributed by atoms with E-state index in [0.717, 1.165) is 12.5 Å². The minimum Gasteiger partial charge on any atom is -0.320 e. The smallest absolute Gasteiger partial charge is 0.00355 e. The molecule has 14 heavy (non-hydrogen) atoms. The van der Waals surface area contributed by atoms with E-state index >= 15 is 0 Å². The lowest BCUT2D eigenvalue weighted by molar-refractivity contribution is 0.251. The summed E-state index contributed by atoms with van der Waals surface area (Å²) in [7, 11) is 4.24.